The summed E-state index contributed by atoms with van der Waals surface area (Å²) in [5.74, 6) is 0. The molecule has 0 fully saturated rings. The second-order valence-electron chi connectivity index (χ2n) is 5.37. The van der Waals surface area contributed by atoms with Crippen LogP contribution in [-0.4, -0.2) is 16.7 Å². The summed E-state index contributed by atoms with van der Waals surface area (Å²) < 4.78 is 0. The molecule has 1 heterocycles. The topological polar surface area (TPSA) is 32.3 Å². The molecule has 0 aromatic heterocycles. The fraction of sp³-hybridized carbons (Fsp3) is 0.600. The van der Waals surface area contributed by atoms with E-state index in [-0.39, 0.29) is 6.04 Å². The molecule has 2 rings (SSSR count). The molecule has 94 valence electrons. The van der Waals surface area contributed by atoms with E-state index in [1.807, 2.05) is 13.0 Å². The molecule has 2 heteroatoms. The van der Waals surface area contributed by atoms with E-state index in [0.717, 1.165) is 19.3 Å². The number of para-hydroxylation sites is 1. The number of unbranched alkanes of at least 4 members (excludes halogenated alkanes) is 2. The summed E-state index contributed by atoms with van der Waals surface area (Å²) in [4.78, 5) is 0. The Kier molecular flexibility index (Phi) is 3.72. The minimum Gasteiger partial charge on any atom is -0.388 e. The van der Waals surface area contributed by atoms with Gasteiger partial charge >= 0.3 is 0 Å². The first-order valence-electron chi connectivity index (χ1n) is 6.70. The molecule has 1 aromatic carbocycles. The number of hydrogen-bond donors (Lipinski definition) is 2. The smallest absolute Gasteiger partial charge is 0.0823 e. The molecule has 2 unspecified atom stereocenters. The highest BCUT2D eigenvalue weighted by Gasteiger charge is 2.35. The molecule has 1 aliphatic heterocycles. The number of benzene rings is 1. The predicted octanol–water partition coefficient (Wildman–Crippen LogP) is 3.35. The van der Waals surface area contributed by atoms with Crippen molar-refractivity contribution >= 4 is 5.69 Å². The van der Waals surface area contributed by atoms with E-state index in [9.17, 15) is 5.11 Å². The van der Waals surface area contributed by atoms with Gasteiger partial charge in [0.15, 0.2) is 0 Å². The maximum atomic E-state index is 10.6. The average Bonchev–Trinajstić information content (AvgIpc) is 2.73. The van der Waals surface area contributed by atoms with Crippen molar-refractivity contribution in [3.63, 3.8) is 0 Å². The quantitative estimate of drug-likeness (QED) is 0.764. The summed E-state index contributed by atoms with van der Waals surface area (Å²) in [6.45, 7) is 4.16. The van der Waals surface area contributed by atoms with Gasteiger partial charge in [-0.15, -0.1) is 0 Å². The van der Waals surface area contributed by atoms with Crippen LogP contribution in [-0.2, 0) is 6.42 Å². The summed E-state index contributed by atoms with van der Waals surface area (Å²) in [6.07, 6.45) is 5.34. The Balaban J connectivity index is 1.96. The lowest BCUT2D eigenvalue weighted by Crippen LogP contribution is -2.43. The molecule has 0 saturated heterocycles. The molecule has 0 radical (unpaired) electrons. The van der Waals surface area contributed by atoms with Crippen molar-refractivity contribution in [1.29, 1.82) is 0 Å². The highest BCUT2D eigenvalue weighted by molar-refractivity contribution is 5.57. The van der Waals surface area contributed by atoms with E-state index in [1.165, 1.54) is 24.1 Å². The van der Waals surface area contributed by atoms with Crippen molar-refractivity contribution in [3.05, 3.63) is 29.8 Å². The van der Waals surface area contributed by atoms with Gasteiger partial charge in [0, 0.05) is 5.69 Å². The van der Waals surface area contributed by atoms with Crippen LogP contribution in [0.25, 0.3) is 0 Å². The highest BCUT2D eigenvalue weighted by atomic mass is 16.3. The van der Waals surface area contributed by atoms with Gasteiger partial charge in [-0.2, -0.15) is 0 Å². The molecule has 2 atom stereocenters. The number of nitrogens with one attached hydrogen (secondary N) is 1. The van der Waals surface area contributed by atoms with Crippen molar-refractivity contribution in [2.75, 3.05) is 5.32 Å². The maximum Gasteiger partial charge on any atom is 0.0823 e. The third kappa shape index (κ3) is 2.81. The molecule has 0 spiro atoms. The number of rotatable bonds is 5. The van der Waals surface area contributed by atoms with Gasteiger partial charge in [0.2, 0.25) is 0 Å². The Bertz CT molecular complexity index is 348. The van der Waals surface area contributed by atoms with Gasteiger partial charge < -0.3 is 10.4 Å². The van der Waals surface area contributed by atoms with Crippen molar-refractivity contribution in [2.24, 2.45) is 0 Å². The molecule has 1 aromatic rings. The van der Waals surface area contributed by atoms with Crippen molar-refractivity contribution in [2.45, 2.75) is 57.6 Å². The van der Waals surface area contributed by atoms with Crippen LogP contribution in [0.2, 0.25) is 0 Å². The second-order valence-corrected chi connectivity index (χ2v) is 5.37. The average molecular weight is 233 g/mol. The van der Waals surface area contributed by atoms with Crippen LogP contribution in [0, 0.1) is 0 Å². The fourth-order valence-electron chi connectivity index (χ4n) is 2.58. The predicted molar refractivity (Wildman–Crippen MR) is 72.3 cm³/mol. The zero-order valence-electron chi connectivity index (χ0n) is 10.9. The van der Waals surface area contributed by atoms with E-state index >= 15 is 0 Å². The number of aliphatic hydroxyl groups is 1. The lowest BCUT2D eigenvalue weighted by molar-refractivity contribution is 0.0305. The highest BCUT2D eigenvalue weighted by Crippen LogP contribution is 2.32. The van der Waals surface area contributed by atoms with E-state index in [1.54, 1.807) is 0 Å². The molecule has 2 N–H and O–H groups in total. The molecular weight excluding hydrogens is 210 g/mol. The summed E-state index contributed by atoms with van der Waals surface area (Å²) >= 11 is 0. The summed E-state index contributed by atoms with van der Waals surface area (Å²) in [6, 6.07) is 8.51. The number of hydrogen-bond acceptors (Lipinski definition) is 2. The Morgan fingerprint density at radius 1 is 1.35 bits per heavy atom. The van der Waals surface area contributed by atoms with Crippen LogP contribution in [0.15, 0.2) is 24.3 Å². The van der Waals surface area contributed by atoms with Crippen LogP contribution in [0.1, 0.15) is 45.1 Å². The van der Waals surface area contributed by atoms with Gasteiger partial charge in [-0.3, -0.25) is 0 Å². The van der Waals surface area contributed by atoms with Crippen molar-refractivity contribution < 1.29 is 5.11 Å². The van der Waals surface area contributed by atoms with Crippen LogP contribution in [0.5, 0.6) is 0 Å². The summed E-state index contributed by atoms with van der Waals surface area (Å²) in [7, 11) is 0. The molecule has 0 amide bonds. The van der Waals surface area contributed by atoms with E-state index < -0.39 is 5.60 Å². The Labute approximate surface area is 104 Å². The minimum atomic E-state index is -0.603. The zero-order valence-corrected chi connectivity index (χ0v) is 10.9. The lowest BCUT2D eigenvalue weighted by Gasteiger charge is -2.30. The van der Waals surface area contributed by atoms with Crippen LogP contribution >= 0.6 is 0 Å². The lowest BCUT2D eigenvalue weighted by atomic mass is 9.88. The first-order valence-corrected chi connectivity index (χ1v) is 6.70. The molecular formula is C15H23NO. The van der Waals surface area contributed by atoms with Gasteiger partial charge in [-0.25, -0.2) is 0 Å². The molecule has 0 saturated carbocycles. The van der Waals surface area contributed by atoms with Gasteiger partial charge in [-0.1, -0.05) is 44.4 Å². The normalized spacial score (nSPS) is 21.7. The van der Waals surface area contributed by atoms with Crippen LogP contribution in [0.4, 0.5) is 5.69 Å². The molecule has 2 nitrogen and oxygen atoms in total. The minimum absolute atomic E-state index is 0.164. The summed E-state index contributed by atoms with van der Waals surface area (Å²) in [5.41, 5.74) is 1.91. The molecule has 1 aliphatic rings. The fourth-order valence-corrected chi connectivity index (χ4v) is 2.58. The van der Waals surface area contributed by atoms with E-state index in [2.05, 4.69) is 30.4 Å². The van der Waals surface area contributed by atoms with Gasteiger partial charge in [0.25, 0.3) is 0 Å². The first-order chi connectivity index (χ1) is 8.13. The second kappa shape index (κ2) is 5.09. The van der Waals surface area contributed by atoms with Gasteiger partial charge in [0.1, 0.15) is 0 Å². The van der Waals surface area contributed by atoms with Gasteiger partial charge in [-0.05, 0) is 31.4 Å². The monoisotopic (exact) mass is 233 g/mol. The third-order valence-electron chi connectivity index (χ3n) is 3.81. The third-order valence-corrected chi connectivity index (χ3v) is 3.81. The number of fused-ring (bicyclic) bond motifs is 1. The first kappa shape index (κ1) is 12.4. The largest absolute Gasteiger partial charge is 0.388 e. The standard InChI is InChI=1S/C15H23NO/c1-3-4-7-10-15(2,17)14-11-12-8-5-6-9-13(12)16-14/h5-6,8-9,14,16-17H,3-4,7,10-11H2,1-2H3. The van der Waals surface area contributed by atoms with E-state index in [4.69, 9.17) is 0 Å². The van der Waals surface area contributed by atoms with Crippen molar-refractivity contribution in [3.8, 4) is 0 Å². The Morgan fingerprint density at radius 2 is 2.12 bits per heavy atom. The molecule has 17 heavy (non-hydrogen) atoms. The van der Waals surface area contributed by atoms with Gasteiger partial charge in [0.05, 0.1) is 11.6 Å². The SMILES string of the molecule is CCCCCC(C)(O)C1Cc2ccccc2N1. The Morgan fingerprint density at radius 3 is 2.82 bits per heavy atom. The maximum absolute atomic E-state index is 10.6. The summed E-state index contributed by atoms with van der Waals surface area (Å²) in [5, 5.41) is 14.0. The van der Waals surface area contributed by atoms with Crippen molar-refractivity contribution in [1.82, 2.24) is 0 Å². The zero-order chi connectivity index (χ0) is 12.3. The van der Waals surface area contributed by atoms with Crippen LogP contribution in [0.3, 0.4) is 0 Å². The van der Waals surface area contributed by atoms with E-state index in [0.29, 0.717) is 0 Å². The number of anilines is 1. The Hall–Kier alpha value is -1.02. The van der Waals surface area contributed by atoms with Crippen LogP contribution < -0.4 is 5.32 Å². The molecule has 0 bridgehead atoms. The molecule has 0 aliphatic carbocycles.